The fraction of sp³-hybridized carbons (Fsp3) is 0.533. The number of aliphatic hydroxyl groups excluding tert-OH is 1. The maximum Gasteiger partial charge on any atom is 0.120 e. The molecule has 1 aromatic carbocycles. The second-order valence-corrected chi connectivity index (χ2v) is 5.01. The lowest BCUT2D eigenvalue weighted by Crippen LogP contribution is -2.46. The van der Waals surface area contributed by atoms with Crippen molar-refractivity contribution in [1.82, 2.24) is 10.4 Å². The third-order valence-electron chi connectivity index (χ3n) is 3.31. The number of nitrogens with one attached hydrogen (secondary N) is 1. The third kappa shape index (κ3) is 4.82. The van der Waals surface area contributed by atoms with E-state index < -0.39 is 6.10 Å². The molecule has 1 heterocycles. The van der Waals surface area contributed by atoms with Gasteiger partial charge in [-0.25, -0.2) is 5.01 Å². The number of ether oxygens (including phenoxy) is 1. The molecular formula is C15H21N3O2. The lowest BCUT2D eigenvalue weighted by atomic mass is 10.2. The van der Waals surface area contributed by atoms with Gasteiger partial charge >= 0.3 is 0 Å². The van der Waals surface area contributed by atoms with Crippen molar-refractivity contribution < 1.29 is 9.84 Å². The van der Waals surface area contributed by atoms with E-state index in [1.807, 2.05) is 0 Å². The molecule has 5 heteroatoms. The highest BCUT2D eigenvalue weighted by atomic mass is 16.5. The summed E-state index contributed by atoms with van der Waals surface area (Å²) in [6, 6.07) is 9.01. The summed E-state index contributed by atoms with van der Waals surface area (Å²) in [5, 5.41) is 20.8. The molecule has 1 unspecified atom stereocenters. The third-order valence-corrected chi connectivity index (χ3v) is 3.31. The largest absolute Gasteiger partial charge is 0.491 e. The van der Waals surface area contributed by atoms with E-state index in [0.717, 1.165) is 13.1 Å². The zero-order valence-electron chi connectivity index (χ0n) is 11.6. The van der Waals surface area contributed by atoms with Crippen LogP contribution in [-0.4, -0.2) is 42.5 Å². The van der Waals surface area contributed by atoms with Crippen molar-refractivity contribution in [2.45, 2.75) is 25.4 Å². The van der Waals surface area contributed by atoms with Crippen LogP contribution in [0.15, 0.2) is 24.3 Å². The van der Waals surface area contributed by atoms with Gasteiger partial charge < -0.3 is 9.84 Å². The van der Waals surface area contributed by atoms with Crippen LogP contribution in [0.2, 0.25) is 0 Å². The Bertz CT molecular complexity index is 453. The minimum atomic E-state index is -0.567. The Hall–Kier alpha value is -1.61. The topological polar surface area (TPSA) is 68.5 Å². The zero-order chi connectivity index (χ0) is 14.2. The highest BCUT2D eigenvalue weighted by Crippen LogP contribution is 2.12. The predicted octanol–water partition coefficient (Wildman–Crippen LogP) is 1.29. The van der Waals surface area contributed by atoms with Crippen molar-refractivity contribution >= 4 is 0 Å². The number of benzene rings is 1. The van der Waals surface area contributed by atoms with Crippen LogP contribution in [0, 0.1) is 11.3 Å². The number of aliphatic hydroxyl groups is 1. The first-order chi connectivity index (χ1) is 9.78. The van der Waals surface area contributed by atoms with Crippen LogP contribution in [0.3, 0.4) is 0 Å². The quantitative estimate of drug-likeness (QED) is 0.819. The summed E-state index contributed by atoms with van der Waals surface area (Å²) < 4.78 is 5.49. The van der Waals surface area contributed by atoms with E-state index in [-0.39, 0.29) is 6.61 Å². The summed E-state index contributed by atoms with van der Waals surface area (Å²) in [5.41, 5.74) is 3.79. The van der Waals surface area contributed by atoms with Gasteiger partial charge in [-0.05, 0) is 31.0 Å². The van der Waals surface area contributed by atoms with Crippen molar-refractivity contribution in [3.63, 3.8) is 0 Å². The molecule has 1 aromatic rings. The summed E-state index contributed by atoms with van der Waals surface area (Å²) >= 11 is 0. The Balaban J connectivity index is 1.68. The van der Waals surface area contributed by atoms with E-state index in [9.17, 15) is 5.11 Å². The predicted molar refractivity (Wildman–Crippen MR) is 76.1 cm³/mol. The smallest absolute Gasteiger partial charge is 0.120 e. The minimum Gasteiger partial charge on any atom is -0.491 e. The molecule has 0 saturated carbocycles. The molecular weight excluding hydrogens is 254 g/mol. The molecule has 0 radical (unpaired) electrons. The highest BCUT2D eigenvalue weighted by Gasteiger charge is 2.12. The minimum absolute atomic E-state index is 0.218. The molecule has 2 N–H and O–H groups in total. The molecule has 108 valence electrons. The maximum absolute atomic E-state index is 9.89. The Labute approximate surface area is 119 Å². The fourth-order valence-electron chi connectivity index (χ4n) is 2.19. The molecule has 0 aliphatic carbocycles. The standard InChI is InChI=1S/C15H21N3O2/c16-10-13-5-4-6-15(9-13)20-12-14(19)11-17-18-7-2-1-3-8-18/h4-6,9,14,17,19H,1-3,7-8,11-12H2. The van der Waals surface area contributed by atoms with Gasteiger partial charge in [-0.1, -0.05) is 12.5 Å². The molecule has 0 bridgehead atoms. The van der Waals surface area contributed by atoms with Gasteiger partial charge in [-0.3, -0.25) is 5.43 Å². The Morgan fingerprint density at radius 3 is 2.90 bits per heavy atom. The molecule has 0 spiro atoms. The molecule has 2 rings (SSSR count). The zero-order valence-corrected chi connectivity index (χ0v) is 11.6. The van der Waals surface area contributed by atoms with Crippen molar-refractivity contribution in [1.29, 1.82) is 5.26 Å². The van der Waals surface area contributed by atoms with E-state index in [1.54, 1.807) is 24.3 Å². The van der Waals surface area contributed by atoms with E-state index in [0.29, 0.717) is 17.9 Å². The summed E-state index contributed by atoms with van der Waals surface area (Å²) in [4.78, 5) is 0. The highest BCUT2D eigenvalue weighted by molar-refractivity contribution is 5.36. The SMILES string of the molecule is N#Cc1cccc(OCC(O)CNN2CCCCC2)c1. The van der Waals surface area contributed by atoms with Gasteiger partial charge in [-0.15, -0.1) is 0 Å². The van der Waals surface area contributed by atoms with Crippen molar-refractivity contribution in [3.8, 4) is 11.8 Å². The molecule has 5 nitrogen and oxygen atoms in total. The lowest BCUT2D eigenvalue weighted by molar-refractivity contribution is 0.0684. The van der Waals surface area contributed by atoms with Gasteiger partial charge in [0.15, 0.2) is 0 Å². The van der Waals surface area contributed by atoms with Crippen LogP contribution in [0.5, 0.6) is 5.75 Å². The maximum atomic E-state index is 9.89. The summed E-state index contributed by atoms with van der Waals surface area (Å²) in [5.74, 6) is 0.612. The van der Waals surface area contributed by atoms with Crippen LogP contribution in [0.1, 0.15) is 24.8 Å². The van der Waals surface area contributed by atoms with Gasteiger partial charge in [0.05, 0.1) is 11.6 Å². The summed E-state index contributed by atoms with van der Waals surface area (Å²) in [7, 11) is 0. The van der Waals surface area contributed by atoms with Crippen LogP contribution in [-0.2, 0) is 0 Å². The first-order valence-corrected chi connectivity index (χ1v) is 7.07. The Morgan fingerprint density at radius 2 is 2.15 bits per heavy atom. The molecule has 20 heavy (non-hydrogen) atoms. The average Bonchev–Trinajstić information content (AvgIpc) is 2.52. The van der Waals surface area contributed by atoms with Crippen molar-refractivity contribution in [2.75, 3.05) is 26.2 Å². The molecule has 1 atom stereocenters. The number of rotatable bonds is 6. The summed E-state index contributed by atoms with van der Waals surface area (Å²) in [6.07, 6.45) is 3.14. The van der Waals surface area contributed by atoms with Crippen molar-refractivity contribution in [2.24, 2.45) is 0 Å². The molecule has 0 amide bonds. The monoisotopic (exact) mass is 275 g/mol. The van der Waals surface area contributed by atoms with Crippen LogP contribution in [0.25, 0.3) is 0 Å². The first kappa shape index (κ1) is 14.8. The number of piperidine rings is 1. The number of nitrogens with zero attached hydrogens (tertiary/aromatic N) is 2. The van der Waals surface area contributed by atoms with Gasteiger partial charge in [0.25, 0.3) is 0 Å². The fourth-order valence-corrected chi connectivity index (χ4v) is 2.19. The van der Waals surface area contributed by atoms with E-state index in [1.165, 1.54) is 19.3 Å². The second-order valence-electron chi connectivity index (χ2n) is 5.01. The molecule has 0 aromatic heterocycles. The Morgan fingerprint density at radius 1 is 1.35 bits per heavy atom. The molecule has 1 saturated heterocycles. The average molecular weight is 275 g/mol. The van der Waals surface area contributed by atoms with Gasteiger partial charge in [0, 0.05) is 19.6 Å². The molecule has 1 aliphatic heterocycles. The summed E-state index contributed by atoms with van der Waals surface area (Å²) in [6.45, 7) is 2.78. The van der Waals surface area contributed by atoms with Gasteiger partial charge in [0.1, 0.15) is 18.5 Å². The van der Waals surface area contributed by atoms with Crippen LogP contribution >= 0.6 is 0 Å². The lowest BCUT2D eigenvalue weighted by Gasteiger charge is -2.28. The number of nitriles is 1. The van der Waals surface area contributed by atoms with Crippen molar-refractivity contribution in [3.05, 3.63) is 29.8 Å². The molecule has 1 fully saturated rings. The molecule has 1 aliphatic rings. The van der Waals surface area contributed by atoms with Gasteiger partial charge in [0.2, 0.25) is 0 Å². The number of hydrogen-bond acceptors (Lipinski definition) is 5. The van der Waals surface area contributed by atoms with E-state index in [2.05, 4.69) is 16.5 Å². The van der Waals surface area contributed by atoms with E-state index >= 15 is 0 Å². The van der Waals surface area contributed by atoms with E-state index in [4.69, 9.17) is 10.00 Å². The normalized spacial score (nSPS) is 17.4. The van der Waals surface area contributed by atoms with Gasteiger partial charge in [-0.2, -0.15) is 5.26 Å². The Kier molecular flexibility index (Phi) is 5.81. The number of hydrazine groups is 1. The van der Waals surface area contributed by atoms with Crippen LogP contribution in [0.4, 0.5) is 0 Å². The first-order valence-electron chi connectivity index (χ1n) is 7.07. The number of hydrogen-bond donors (Lipinski definition) is 2. The van der Waals surface area contributed by atoms with Crippen LogP contribution < -0.4 is 10.2 Å². The second kappa shape index (κ2) is 7.85.